The topological polar surface area (TPSA) is 63.3 Å². The van der Waals surface area contributed by atoms with Crippen molar-refractivity contribution in [2.75, 3.05) is 6.54 Å². The van der Waals surface area contributed by atoms with E-state index in [0.29, 0.717) is 5.56 Å². The molecule has 0 aliphatic heterocycles. The van der Waals surface area contributed by atoms with Gasteiger partial charge < -0.3 is 10.8 Å². The van der Waals surface area contributed by atoms with Gasteiger partial charge in [-0.2, -0.15) is 0 Å². The summed E-state index contributed by atoms with van der Waals surface area (Å²) in [5, 5.41) is 8.90. The van der Waals surface area contributed by atoms with Crippen molar-refractivity contribution in [2.24, 2.45) is 5.73 Å². The second-order valence-electron chi connectivity index (χ2n) is 3.20. The molecule has 0 saturated carbocycles. The number of hydrogen-bond donors (Lipinski definition) is 2. The fraction of sp³-hybridized carbons (Fsp3) is 0.300. The van der Waals surface area contributed by atoms with Gasteiger partial charge >= 0.3 is 5.97 Å². The van der Waals surface area contributed by atoms with Crippen molar-refractivity contribution >= 4 is 17.6 Å². The van der Waals surface area contributed by atoms with Crippen LogP contribution in [0.3, 0.4) is 0 Å². The first kappa shape index (κ1) is 11.9. The van der Waals surface area contributed by atoms with E-state index in [2.05, 4.69) is 0 Å². The van der Waals surface area contributed by atoms with Crippen molar-refractivity contribution in [2.45, 2.75) is 12.3 Å². The normalized spacial score (nSPS) is 12.5. The highest BCUT2D eigenvalue weighted by molar-refractivity contribution is 6.30. The number of nitrogens with two attached hydrogens (primary N) is 1. The van der Waals surface area contributed by atoms with E-state index in [0.717, 1.165) is 6.07 Å². The second-order valence-corrected chi connectivity index (χ2v) is 3.63. The third kappa shape index (κ3) is 3.18. The minimum absolute atomic E-state index is 0.0881. The number of benzene rings is 1. The predicted octanol–water partition coefficient (Wildman–Crippen LogP) is 2.00. The Bertz CT molecular complexity index is 370. The lowest BCUT2D eigenvalue weighted by Crippen LogP contribution is -2.17. The summed E-state index contributed by atoms with van der Waals surface area (Å²) in [5.41, 5.74) is 5.69. The molecule has 0 fully saturated rings. The molecule has 0 aliphatic carbocycles. The Hall–Kier alpha value is -1.13. The molecule has 0 bridgehead atoms. The minimum Gasteiger partial charge on any atom is -0.481 e. The number of hydrogen-bond acceptors (Lipinski definition) is 2. The molecule has 0 spiro atoms. The lowest BCUT2D eigenvalue weighted by atomic mass is 9.95. The maximum absolute atomic E-state index is 13.4. The monoisotopic (exact) mass is 231 g/mol. The molecule has 1 unspecified atom stereocenters. The SMILES string of the molecule is NCC(CC(=O)O)c1ccc(Cl)cc1F. The van der Waals surface area contributed by atoms with Crippen LogP contribution < -0.4 is 5.73 Å². The quantitative estimate of drug-likeness (QED) is 0.833. The van der Waals surface area contributed by atoms with Gasteiger partial charge in [-0.25, -0.2) is 4.39 Å². The Kier molecular flexibility index (Phi) is 4.05. The van der Waals surface area contributed by atoms with E-state index in [9.17, 15) is 9.18 Å². The van der Waals surface area contributed by atoms with Gasteiger partial charge in [0.15, 0.2) is 0 Å². The molecular weight excluding hydrogens is 221 g/mol. The molecule has 1 aromatic carbocycles. The largest absolute Gasteiger partial charge is 0.481 e. The van der Waals surface area contributed by atoms with E-state index < -0.39 is 17.7 Å². The van der Waals surface area contributed by atoms with Crippen LogP contribution in [0.2, 0.25) is 5.02 Å². The first-order valence-electron chi connectivity index (χ1n) is 4.41. The van der Waals surface area contributed by atoms with Crippen LogP contribution in [0.1, 0.15) is 17.9 Å². The zero-order valence-corrected chi connectivity index (χ0v) is 8.67. The van der Waals surface area contributed by atoms with Crippen molar-refractivity contribution in [3.05, 3.63) is 34.6 Å². The predicted molar refractivity (Wildman–Crippen MR) is 55.5 cm³/mol. The van der Waals surface area contributed by atoms with Crippen LogP contribution in [0.25, 0.3) is 0 Å². The van der Waals surface area contributed by atoms with Crippen molar-refractivity contribution in [3.63, 3.8) is 0 Å². The highest BCUT2D eigenvalue weighted by Gasteiger charge is 2.17. The van der Waals surface area contributed by atoms with Gasteiger partial charge in [-0.05, 0) is 24.2 Å². The Balaban J connectivity index is 2.96. The summed E-state index contributed by atoms with van der Waals surface area (Å²) in [4.78, 5) is 10.5. The van der Waals surface area contributed by atoms with Gasteiger partial charge in [0.25, 0.3) is 0 Å². The average Bonchev–Trinajstić information content (AvgIpc) is 2.14. The molecule has 0 saturated heterocycles. The van der Waals surface area contributed by atoms with Crippen LogP contribution in [0.4, 0.5) is 4.39 Å². The Morgan fingerprint density at radius 1 is 1.60 bits per heavy atom. The zero-order valence-electron chi connectivity index (χ0n) is 7.91. The first-order chi connectivity index (χ1) is 7.04. The molecule has 5 heteroatoms. The van der Waals surface area contributed by atoms with E-state index in [1.807, 2.05) is 0 Å². The highest BCUT2D eigenvalue weighted by atomic mass is 35.5. The van der Waals surface area contributed by atoms with E-state index >= 15 is 0 Å². The van der Waals surface area contributed by atoms with E-state index in [1.165, 1.54) is 12.1 Å². The van der Waals surface area contributed by atoms with Crippen LogP contribution in [0.5, 0.6) is 0 Å². The summed E-state index contributed by atoms with van der Waals surface area (Å²) in [7, 11) is 0. The van der Waals surface area contributed by atoms with Crippen LogP contribution in [-0.2, 0) is 4.79 Å². The molecule has 1 rings (SSSR count). The van der Waals surface area contributed by atoms with Gasteiger partial charge in [0.05, 0.1) is 6.42 Å². The number of aliphatic carboxylic acids is 1. The maximum Gasteiger partial charge on any atom is 0.304 e. The van der Waals surface area contributed by atoms with Gasteiger partial charge in [0.1, 0.15) is 5.82 Å². The molecule has 3 nitrogen and oxygen atoms in total. The van der Waals surface area contributed by atoms with Gasteiger partial charge in [-0.1, -0.05) is 17.7 Å². The Morgan fingerprint density at radius 3 is 2.73 bits per heavy atom. The summed E-state index contributed by atoms with van der Waals surface area (Å²) in [6.45, 7) is 0.0881. The van der Waals surface area contributed by atoms with Crippen molar-refractivity contribution < 1.29 is 14.3 Å². The van der Waals surface area contributed by atoms with Crippen LogP contribution in [-0.4, -0.2) is 17.6 Å². The smallest absolute Gasteiger partial charge is 0.304 e. The molecule has 0 aromatic heterocycles. The Morgan fingerprint density at radius 2 is 2.27 bits per heavy atom. The third-order valence-electron chi connectivity index (χ3n) is 2.11. The molecule has 0 amide bonds. The summed E-state index contributed by atoms with van der Waals surface area (Å²) >= 11 is 5.58. The van der Waals surface area contributed by atoms with Crippen molar-refractivity contribution in [3.8, 4) is 0 Å². The first-order valence-corrected chi connectivity index (χ1v) is 4.79. The van der Waals surface area contributed by atoms with Crippen LogP contribution >= 0.6 is 11.6 Å². The average molecular weight is 232 g/mol. The van der Waals surface area contributed by atoms with Gasteiger partial charge in [0.2, 0.25) is 0 Å². The zero-order chi connectivity index (χ0) is 11.4. The molecule has 15 heavy (non-hydrogen) atoms. The third-order valence-corrected chi connectivity index (χ3v) is 2.34. The molecule has 0 radical (unpaired) electrons. The standard InChI is InChI=1S/C10H11ClFNO2/c11-7-1-2-8(9(12)4-7)6(5-13)3-10(14)15/h1-2,4,6H,3,5,13H2,(H,14,15). The molecule has 1 aromatic rings. The van der Waals surface area contributed by atoms with Gasteiger partial charge in [-0.3, -0.25) is 4.79 Å². The summed E-state index contributed by atoms with van der Waals surface area (Å²) < 4.78 is 13.4. The molecule has 3 N–H and O–H groups in total. The summed E-state index contributed by atoms with van der Waals surface area (Å²) in [6.07, 6.45) is -0.185. The molecule has 1 atom stereocenters. The van der Waals surface area contributed by atoms with E-state index in [1.54, 1.807) is 0 Å². The number of carboxylic acid groups (broad SMARTS) is 1. The fourth-order valence-electron chi connectivity index (χ4n) is 1.36. The van der Waals surface area contributed by atoms with Crippen molar-refractivity contribution in [1.29, 1.82) is 0 Å². The molecule has 0 heterocycles. The van der Waals surface area contributed by atoms with E-state index in [4.69, 9.17) is 22.4 Å². The molecule has 0 aliphatic rings. The lowest BCUT2D eigenvalue weighted by Gasteiger charge is -2.13. The van der Waals surface area contributed by atoms with Crippen molar-refractivity contribution in [1.82, 2.24) is 0 Å². The number of carbonyl (C=O) groups is 1. The highest BCUT2D eigenvalue weighted by Crippen LogP contribution is 2.24. The van der Waals surface area contributed by atoms with Gasteiger partial charge in [-0.15, -0.1) is 0 Å². The summed E-state index contributed by atoms with van der Waals surface area (Å²) in [5.74, 6) is -2.03. The molecule has 82 valence electrons. The number of rotatable bonds is 4. The number of carboxylic acids is 1. The van der Waals surface area contributed by atoms with Crippen LogP contribution in [0.15, 0.2) is 18.2 Å². The Labute approximate surface area is 91.7 Å². The minimum atomic E-state index is -1.00. The van der Waals surface area contributed by atoms with Crippen LogP contribution in [0, 0.1) is 5.82 Å². The fourth-order valence-corrected chi connectivity index (χ4v) is 1.52. The second kappa shape index (κ2) is 5.09. The maximum atomic E-state index is 13.4. The van der Waals surface area contributed by atoms with Gasteiger partial charge in [0, 0.05) is 10.9 Å². The summed E-state index contributed by atoms with van der Waals surface area (Å²) in [6, 6.07) is 4.14. The molecular formula is C10H11ClFNO2. The van der Waals surface area contributed by atoms with E-state index in [-0.39, 0.29) is 18.0 Å². The number of halogens is 2. The lowest BCUT2D eigenvalue weighted by molar-refractivity contribution is -0.137.